The molecule has 1 atom stereocenters. The van der Waals surface area contributed by atoms with Crippen molar-refractivity contribution >= 4 is 17.9 Å². The highest BCUT2D eigenvalue weighted by Crippen LogP contribution is 2.24. The zero-order chi connectivity index (χ0) is 24.3. The number of hydrogen-bond donors (Lipinski definition) is 3. The van der Waals surface area contributed by atoms with Crippen molar-refractivity contribution in [3.63, 3.8) is 0 Å². The van der Waals surface area contributed by atoms with Crippen LogP contribution < -0.4 is 10.6 Å². The first-order valence-corrected chi connectivity index (χ1v) is 11.3. The second-order valence-electron chi connectivity index (χ2n) is 9.16. The summed E-state index contributed by atoms with van der Waals surface area (Å²) in [5.74, 6) is -0.625. The predicted octanol–water partition coefficient (Wildman–Crippen LogP) is 3.89. The second-order valence-corrected chi connectivity index (χ2v) is 9.16. The minimum absolute atomic E-state index is 0.0733. The number of ether oxygens (including phenoxy) is 1. The van der Waals surface area contributed by atoms with Gasteiger partial charge >= 0.3 is 6.09 Å². The molecular formula is C24H39N3O5. The maximum absolute atomic E-state index is 13.2. The highest BCUT2D eigenvalue weighted by Gasteiger charge is 2.31. The summed E-state index contributed by atoms with van der Waals surface area (Å²) in [5.41, 5.74) is -0.0966. The van der Waals surface area contributed by atoms with E-state index < -0.39 is 17.7 Å². The highest BCUT2D eigenvalue weighted by molar-refractivity contribution is 5.90. The largest absolute Gasteiger partial charge is 0.508 e. The molecule has 8 heteroatoms. The Morgan fingerprint density at radius 1 is 1.06 bits per heavy atom. The minimum atomic E-state index is -0.882. The molecule has 0 aliphatic heterocycles. The fourth-order valence-corrected chi connectivity index (χ4v) is 3.16. The fraction of sp³-hybridized carbons (Fsp3) is 0.625. The molecule has 3 N–H and O–H groups in total. The molecule has 0 spiro atoms. The monoisotopic (exact) mass is 449 g/mol. The Morgan fingerprint density at radius 2 is 1.69 bits per heavy atom. The second kappa shape index (κ2) is 12.9. The van der Waals surface area contributed by atoms with Crippen LogP contribution >= 0.6 is 0 Å². The van der Waals surface area contributed by atoms with Crippen LogP contribution in [-0.4, -0.2) is 52.6 Å². The maximum atomic E-state index is 13.2. The quantitative estimate of drug-likeness (QED) is 0.444. The number of phenols is 1. The summed E-state index contributed by atoms with van der Waals surface area (Å²) in [6.45, 7) is 11.1. The molecule has 0 aliphatic rings. The van der Waals surface area contributed by atoms with E-state index in [1.807, 2.05) is 13.8 Å². The van der Waals surface area contributed by atoms with E-state index in [1.165, 1.54) is 17.0 Å². The van der Waals surface area contributed by atoms with Gasteiger partial charge in [-0.3, -0.25) is 9.59 Å². The van der Waals surface area contributed by atoms with Gasteiger partial charge in [-0.15, -0.1) is 0 Å². The van der Waals surface area contributed by atoms with E-state index in [9.17, 15) is 19.5 Å². The number of nitrogens with one attached hydrogen (secondary N) is 2. The topological polar surface area (TPSA) is 108 Å². The lowest BCUT2D eigenvalue weighted by Crippen LogP contribution is -2.49. The lowest BCUT2D eigenvalue weighted by atomic mass is 10.0. The Balaban J connectivity index is 3.14. The summed E-state index contributed by atoms with van der Waals surface area (Å²) in [5, 5.41) is 15.0. The van der Waals surface area contributed by atoms with Crippen molar-refractivity contribution in [1.82, 2.24) is 15.5 Å². The molecule has 0 saturated heterocycles. The van der Waals surface area contributed by atoms with Crippen LogP contribution in [0.25, 0.3) is 0 Å². The van der Waals surface area contributed by atoms with Crippen LogP contribution in [0.3, 0.4) is 0 Å². The summed E-state index contributed by atoms with van der Waals surface area (Å²) in [6, 6.07) is 5.25. The van der Waals surface area contributed by atoms with Gasteiger partial charge in [0.2, 0.25) is 11.8 Å². The lowest BCUT2D eigenvalue weighted by Gasteiger charge is -2.32. The van der Waals surface area contributed by atoms with Crippen LogP contribution in [0.4, 0.5) is 4.79 Å². The van der Waals surface area contributed by atoms with Crippen molar-refractivity contribution in [3.05, 3.63) is 29.8 Å². The summed E-state index contributed by atoms with van der Waals surface area (Å²) in [7, 11) is 0. The molecular weight excluding hydrogens is 410 g/mol. The number of carbonyl (C=O) groups is 3. The lowest BCUT2D eigenvalue weighted by molar-refractivity contribution is -0.140. The SMILES string of the molecule is CCCCCCN(C(=O)CNC(=O)OC(C)(C)C)C(C(=O)NC(C)C)c1ccc(O)cc1. The number of alkyl carbamates (subject to hydrolysis) is 1. The third-order valence-electron chi connectivity index (χ3n) is 4.56. The smallest absolute Gasteiger partial charge is 0.408 e. The van der Waals surface area contributed by atoms with Crippen LogP contribution in [0.2, 0.25) is 0 Å². The Labute approximate surface area is 191 Å². The highest BCUT2D eigenvalue weighted by atomic mass is 16.6. The van der Waals surface area contributed by atoms with E-state index in [-0.39, 0.29) is 30.2 Å². The van der Waals surface area contributed by atoms with Gasteiger partial charge in [0, 0.05) is 12.6 Å². The molecule has 180 valence electrons. The predicted molar refractivity (Wildman–Crippen MR) is 124 cm³/mol. The van der Waals surface area contributed by atoms with Gasteiger partial charge in [0.25, 0.3) is 0 Å². The van der Waals surface area contributed by atoms with Crippen LogP contribution in [0, 0.1) is 0 Å². The van der Waals surface area contributed by atoms with Crippen LogP contribution in [-0.2, 0) is 14.3 Å². The van der Waals surface area contributed by atoms with Crippen molar-refractivity contribution in [2.45, 2.75) is 84.9 Å². The first kappa shape index (κ1) is 27.3. The molecule has 32 heavy (non-hydrogen) atoms. The molecule has 0 fully saturated rings. The van der Waals surface area contributed by atoms with Crippen molar-refractivity contribution in [1.29, 1.82) is 0 Å². The summed E-state index contributed by atoms with van der Waals surface area (Å²) in [4.78, 5) is 39.8. The molecule has 0 saturated carbocycles. The number of amides is 3. The molecule has 1 aromatic rings. The van der Waals surface area contributed by atoms with E-state index in [4.69, 9.17) is 4.74 Å². The molecule has 1 aromatic carbocycles. The number of rotatable bonds is 11. The van der Waals surface area contributed by atoms with Gasteiger partial charge in [0.05, 0.1) is 0 Å². The van der Waals surface area contributed by atoms with Gasteiger partial charge < -0.3 is 25.4 Å². The van der Waals surface area contributed by atoms with Gasteiger partial charge in [-0.1, -0.05) is 38.3 Å². The number of hydrogen-bond acceptors (Lipinski definition) is 5. The summed E-state index contributed by atoms with van der Waals surface area (Å²) >= 11 is 0. The number of unbranched alkanes of at least 4 members (excludes halogenated alkanes) is 3. The molecule has 0 bridgehead atoms. The number of nitrogens with zero attached hydrogens (tertiary/aromatic N) is 1. The fourth-order valence-electron chi connectivity index (χ4n) is 3.16. The Morgan fingerprint density at radius 3 is 2.22 bits per heavy atom. The summed E-state index contributed by atoms with van der Waals surface area (Å²) in [6.07, 6.45) is 3.04. The third-order valence-corrected chi connectivity index (χ3v) is 4.56. The van der Waals surface area contributed by atoms with Gasteiger partial charge in [0.15, 0.2) is 0 Å². The van der Waals surface area contributed by atoms with Crippen molar-refractivity contribution < 1.29 is 24.2 Å². The third kappa shape index (κ3) is 10.0. The Kier molecular flexibility index (Phi) is 11.0. The van der Waals surface area contributed by atoms with Gasteiger partial charge in [-0.2, -0.15) is 0 Å². The molecule has 8 nitrogen and oxygen atoms in total. The average molecular weight is 450 g/mol. The van der Waals surface area contributed by atoms with E-state index in [2.05, 4.69) is 17.6 Å². The van der Waals surface area contributed by atoms with Gasteiger partial charge in [-0.25, -0.2) is 4.79 Å². The number of carbonyl (C=O) groups excluding carboxylic acids is 3. The van der Waals surface area contributed by atoms with Gasteiger partial charge in [0.1, 0.15) is 23.9 Å². The van der Waals surface area contributed by atoms with E-state index in [0.717, 1.165) is 25.7 Å². The Hall–Kier alpha value is -2.77. The van der Waals surface area contributed by atoms with Crippen LogP contribution in [0.15, 0.2) is 24.3 Å². The van der Waals surface area contributed by atoms with Crippen LogP contribution in [0.1, 0.15) is 78.8 Å². The maximum Gasteiger partial charge on any atom is 0.408 e. The molecule has 1 unspecified atom stereocenters. The van der Waals surface area contributed by atoms with Crippen LogP contribution in [0.5, 0.6) is 5.75 Å². The first-order valence-electron chi connectivity index (χ1n) is 11.3. The molecule has 0 aliphatic carbocycles. The molecule has 3 amide bonds. The van der Waals surface area contributed by atoms with Crippen molar-refractivity contribution in [2.24, 2.45) is 0 Å². The molecule has 0 heterocycles. The minimum Gasteiger partial charge on any atom is -0.508 e. The van der Waals surface area contributed by atoms with Gasteiger partial charge in [-0.05, 0) is 58.7 Å². The number of phenolic OH excluding ortho intramolecular Hbond substituents is 1. The normalized spacial score (nSPS) is 12.2. The van der Waals surface area contributed by atoms with E-state index in [0.29, 0.717) is 12.1 Å². The zero-order valence-electron chi connectivity index (χ0n) is 20.2. The van der Waals surface area contributed by atoms with E-state index in [1.54, 1.807) is 32.9 Å². The molecule has 0 aromatic heterocycles. The molecule has 0 radical (unpaired) electrons. The number of benzene rings is 1. The summed E-state index contributed by atoms with van der Waals surface area (Å²) < 4.78 is 5.21. The standard InChI is InChI=1S/C24H39N3O5/c1-7-8-9-10-15-27(20(29)16-25-23(31)32-24(4,5)6)21(22(30)26-17(2)3)18-11-13-19(28)14-12-18/h11-14,17,21,28H,7-10,15-16H2,1-6H3,(H,25,31)(H,26,30). The molecule has 1 rings (SSSR count). The van der Waals surface area contributed by atoms with E-state index >= 15 is 0 Å². The van der Waals surface area contributed by atoms with Crippen molar-refractivity contribution in [2.75, 3.05) is 13.1 Å². The Bertz CT molecular complexity index is 741. The first-order chi connectivity index (χ1) is 14.9. The van der Waals surface area contributed by atoms with Crippen molar-refractivity contribution in [3.8, 4) is 5.75 Å². The zero-order valence-corrected chi connectivity index (χ0v) is 20.2. The average Bonchev–Trinajstić information content (AvgIpc) is 2.67. The number of aromatic hydroxyl groups is 1.